The van der Waals surface area contributed by atoms with Crippen molar-refractivity contribution in [2.75, 3.05) is 13.7 Å². The lowest BCUT2D eigenvalue weighted by Crippen LogP contribution is -2.26. The summed E-state index contributed by atoms with van der Waals surface area (Å²) in [5.41, 5.74) is 2.66. The molecule has 0 bridgehead atoms. The molecule has 3 rings (SSSR count). The quantitative estimate of drug-likeness (QED) is 0.452. The molecule has 3 aromatic rings. The van der Waals surface area contributed by atoms with Crippen molar-refractivity contribution in [1.29, 1.82) is 5.26 Å². The molecule has 0 aliphatic heterocycles. The zero-order chi connectivity index (χ0) is 20.1. The second-order valence-electron chi connectivity index (χ2n) is 6.05. The monoisotopic (exact) mass is 413 g/mol. The first-order valence-corrected chi connectivity index (χ1v) is 9.27. The van der Waals surface area contributed by atoms with Crippen LogP contribution in [0.4, 0.5) is 0 Å². The molecule has 0 saturated carbocycles. The van der Waals surface area contributed by atoms with Crippen molar-refractivity contribution >= 4 is 46.1 Å². The molecule has 1 heterocycles. The van der Waals surface area contributed by atoms with Gasteiger partial charge in [0.2, 0.25) is 0 Å². The van der Waals surface area contributed by atoms with E-state index < -0.39 is 5.91 Å². The summed E-state index contributed by atoms with van der Waals surface area (Å²) < 4.78 is 5.10. The molecule has 142 valence electrons. The molecular weight excluding hydrogens is 397 g/mol. The topological polar surface area (TPSA) is 77.9 Å². The van der Waals surface area contributed by atoms with Crippen molar-refractivity contribution in [2.45, 2.75) is 6.42 Å². The summed E-state index contributed by atoms with van der Waals surface area (Å²) in [5.74, 6) is -0.104. The third kappa shape index (κ3) is 4.30. The maximum atomic E-state index is 12.4. The number of aromatic amines is 1. The molecular formula is C21H17Cl2N3O2. The Balaban J connectivity index is 1.68. The van der Waals surface area contributed by atoms with Crippen LogP contribution in [-0.4, -0.2) is 24.5 Å². The first-order valence-electron chi connectivity index (χ1n) is 8.51. The van der Waals surface area contributed by atoms with Crippen molar-refractivity contribution in [1.82, 2.24) is 10.3 Å². The minimum atomic E-state index is -0.453. The first kappa shape index (κ1) is 19.8. The predicted octanol–water partition coefficient (Wildman–Crippen LogP) is 4.75. The van der Waals surface area contributed by atoms with E-state index in [0.717, 1.165) is 16.5 Å². The number of fused-ring (bicyclic) bond motifs is 1. The Morgan fingerprint density at radius 2 is 2.00 bits per heavy atom. The average molecular weight is 414 g/mol. The van der Waals surface area contributed by atoms with Gasteiger partial charge in [0, 0.05) is 23.6 Å². The first-order chi connectivity index (χ1) is 13.5. The molecule has 2 N–H and O–H groups in total. The zero-order valence-corrected chi connectivity index (χ0v) is 16.6. The number of ether oxygens (including phenoxy) is 1. The van der Waals surface area contributed by atoms with Crippen LogP contribution < -0.4 is 10.1 Å². The Kier molecular flexibility index (Phi) is 6.25. The van der Waals surface area contributed by atoms with E-state index in [2.05, 4.69) is 10.3 Å². The highest BCUT2D eigenvalue weighted by Gasteiger charge is 2.12. The normalized spacial score (nSPS) is 11.3. The fraction of sp³-hybridized carbons (Fsp3) is 0.143. The SMILES string of the molecule is COc1c(Cl)cc(/C=C(/C#N)C(=O)NCCc2c[nH]c3ccccc23)cc1Cl. The summed E-state index contributed by atoms with van der Waals surface area (Å²) in [5, 5.41) is 13.9. The summed E-state index contributed by atoms with van der Waals surface area (Å²) in [6.07, 6.45) is 4.02. The van der Waals surface area contributed by atoms with Crippen LogP contribution in [0.25, 0.3) is 17.0 Å². The molecule has 0 atom stereocenters. The molecule has 1 aromatic heterocycles. The van der Waals surface area contributed by atoms with Gasteiger partial charge in [0.1, 0.15) is 11.6 Å². The van der Waals surface area contributed by atoms with Crippen molar-refractivity contribution in [3.63, 3.8) is 0 Å². The number of nitriles is 1. The van der Waals surface area contributed by atoms with Crippen LogP contribution in [0.15, 0.2) is 48.2 Å². The Labute approximate surface area is 172 Å². The number of amides is 1. The van der Waals surface area contributed by atoms with E-state index in [9.17, 15) is 10.1 Å². The summed E-state index contributed by atoms with van der Waals surface area (Å²) in [6, 6.07) is 13.1. The van der Waals surface area contributed by atoms with Gasteiger partial charge in [-0.3, -0.25) is 4.79 Å². The van der Waals surface area contributed by atoms with Gasteiger partial charge < -0.3 is 15.0 Å². The molecule has 1 amide bonds. The van der Waals surface area contributed by atoms with Gasteiger partial charge in [0.05, 0.1) is 17.2 Å². The van der Waals surface area contributed by atoms with Gasteiger partial charge in [-0.2, -0.15) is 5.26 Å². The predicted molar refractivity (Wildman–Crippen MR) is 112 cm³/mol. The largest absolute Gasteiger partial charge is 0.494 e. The second kappa shape index (κ2) is 8.83. The van der Waals surface area contributed by atoms with E-state index >= 15 is 0 Å². The number of aromatic nitrogens is 1. The van der Waals surface area contributed by atoms with Crippen LogP contribution in [0.5, 0.6) is 5.75 Å². The summed E-state index contributed by atoms with van der Waals surface area (Å²) >= 11 is 12.2. The minimum absolute atomic E-state index is 0.0313. The van der Waals surface area contributed by atoms with Crippen molar-refractivity contribution < 1.29 is 9.53 Å². The molecule has 0 spiro atoms. The van der Waals surface area contributed by atoms with Crippen LogP contribution in [0.1, 0.15) is 11.1 Å². The number of nitrogens with zero attached hydrogens (tertiary/aromatic N) is 1. The van der Waals surface area contributed by atoms with E-state index in [1.807, 2.05) is 36.5 Å². The lowest BCUT2D eigenvalue weighted by molar-refractivity contribution is -0.117. The number of benzene rings is 2. The molecule has 5 nitrogen and oxygen atoms in total. The maximum absolute atomic E-state index is 12.4. The molecule has 0 radical (unpaired) electrons. The van der Waals surface area contributed by atoms with Gasteiger partial charge in [-0.15, -0.1) is 0 Å². The third-order valence-electron chi connectivity index (χ3n) is 4.26. The van der Waals surface area contributed by atoms with Gasteiger partial charge in [0.25, 0.3) is 5.91 Å². The van der Waals surface area contributed by atoms with E-state index in [1.54, 1.807) is 12.1 Å². The van der Waals surface area contributed by atoms with Crippen LogP contribution in [0.2, 0.25) is 10.0 Å². The number of methoxy groups -OCH3 is 1. The fourth-order valence-electron chi connectivity index (χ4n) is 2.92. The van der Waals surface area contributed by atoms with E-state index in [0.29, 0.717) is 34.3 Å². The highest BCUT2D eigenvalue weighted by atomic mass is 35.5. The number of hydrogen-bond donors (Lipinski definition) is 2. The van der Waals surface area contributed by atoms with Crippen LogP contribution in [0.3, 0.4) is 0 Å². The molecule has 0 fully saturated rings. The van der Waals surface area contributed by atoms with Crippen molar-refractivity contribution in [2.24, 2.45) is 0 Å². The number of halogens is 2. The van der Waals surface area contributed by atoms with Crippen LogP contribution in [-0.2, 0) is 11.2 Å². The Bertz CT molecular complexity index is 1070. The Hall–Kier alpha value is -2.94. The molecule has 0 aliphatic rings. The number of nitrogens with one attached hydrogen (secondary N) is 2. The van der Waals surface area contributed by atoms with Gasteiger partial charge in [-0.05, 0) is 41.8 Å². The Morgan fingerprint density at radius 1 is 1.29 bits per heavy atom. The van der Waals surface area contributed by atoms with Gasteiger partial charge in [-0.1, -0.05) is 41.4 Å². The highest BCUT2D eigenvalue weighted by Crippen LogP contribution is 2.34. The Morgan fingerprint density at radius 3 is 2.68 bits per heavy atom. The van der Waals surface area contributed by atoms with E-state index in [4.69, 9.17) is 27.9 Å². The number of rotatable bonds is 6. The minimum Gasteiger partial charge on any atom is -0.494 e. The van der Waals surface area contributed by atoms with E-state index in [1.165, 1.54) is 13.2 Å². The highest BCUT2D eigenvalue weighted by molar-refractivity contribution is 6.37. The van der Waals surface area contributed by atoms with Crippen molar-refractivity contribution in [3.05, 3.63) is 69.3 Å². The number of carbonyl (C=O) groups excluding carboxylic acids is 1. The summed E-state index contributed by atoms with van der Waals surface area (Å²) in [7, 11) is 1.46. The molecule has 28 heavy (non-hydrogen) atoms. The third-order valence-corrected chi connectivity index (χ3v) is 4.82. The molecule has 0 aliphatic carbocycles. The molecule has 2 aromatic carbocycles. The fourth-order valence-corrected chi connectivity index (χ4v) is 3.58. The van der Waals surface area contributed by atoms with Gasteiger partial charge in [0.15, 0.2) is 5.75 Å². The van der Waals surface area contributed by atoms with Gasteiger partial charge >= 0.3 is 0 Å². The van der Waals surface area contributed by atoms with E-state index in [-0.39, 0.29) is 5.57 Å². The standard InChI is InChI=1S/C21H17Cl2N3O2/c1-28-20-17(22)9-13(10-18(20)23)8-15(11-24)21(27)25-7-6-14-12-26-19-5-3-2-4-16(14)19/h2-5,8-10,12,26H,6-7H2,1H3,(H,25,27)/b15-8-. The summed E-state index contributed by atoms with van der Waals surface area (Å²) in [6.45, 7) is 0.407. The number of para-hydroxylation sites is 1. The van der Waals surface area contributed by atoms with Crippen LogP contribution >= 0.6 is 23.2 Å². The molecule has 0 saturated heterocycles. The number of hydrogen-bond acceptors (Lipinski definition) is 3. The zero-order valence-electron chi connectivity index (χ0n) is 15.1. The maximum Gasteiger partial charge on any atom is 0.261 e. The van der Waals surface area contributed by atoms with Crippen LogP contribution in [0, 0.1) is 11.3 Å². The average Bonchev–Trinajstić information content (AvgIpc) is 3.09. The van der Waals surface area contributed by atoms with Gasteiger partial charge in [-0.25, -0.2) is 0 Å². The number of H-pyrrole nitrogens is 1. The van der Waals surface area contributed by atoms with Crippen molar-refractivity contribution in [3.8, 4) is 11.8 Å². The second-order valence-corrected chi connectivity index (χ2v) is 6.87. The number of carbonyl (C=O) groups is 1. The smallest absolute Gasteiger partial charge is 0.261 e. The molecule has 0 unspecified atom stereocenters. The summed E-state index contributed by atoms with van der Waals surface area (Å²) in [4.78, 5) is 15.6. The lowest BCUT2D eigenvalue weighted by Gasteiger charge is -2.07. The lowest BCUT2D eigenvalue weighted by atomic mass is 10.1. The molecule has 7 heteroatoms.